The summed E-state index contributed by atoms with van der Waals surface area (Å²) in [6, 6.07) is -0.397. The van der Waals surface area contributed by atoms with Crippen LogP contribution in [0.5, 0.6) is 0 Å². The monoisotopic (exact) mass is 274 g/mol. The van der Waals surface area contributed by atoms with Gasteiger partial charge in [-0.15, -0.1) is 0 Å². The maximum atomic E-state index is 12.4. The predicted molar refractivity (Wildman–Crippen MR) is 61.2 cm³/mol. The number of rotatable bonds is 2. The molecular weight excluding hydrogens is 261 g/mol. The lowest BCUT2D eigenvalue weighted by atomic mass is 10.1. The summed E-state index contributed by atoms with van der Waals surface area (Å²) in [4.78, 5) is 18.6. The van der Waals surface area contributed by atoms with E-state index in [-0.39, 0.29) is 5.82 Å². The lowest BCUT2D eigenvalue weighted by molar-refractivity contribution is -0.141. The average Bonchev–Trinajstić information content (AvgIpc) is 2.75. The van der Waals surface area contributed by atoms with E-state index in [1.807, 2.05) is 6.92 Å². The molecule has 1 aliphatic rings. The number of halogens is 3. The third-order valence-corrected chi connectivity index (χ3v) is 2.84. The van der Waals surface area contributed by atoms with Crippen LogP contribution in [0.4, 0.5) is 19.0 Å². The van der Waals surface area contributed by atoms with Crippen LogP contribution in [0.3, 0.4) is 0 Å². The van der Waals surface area contributed by atoms with Crippen molar-refractivity contribution in [3.05, 3.63) is 18.1 Å². The Hall–Kier alpha value is -1.70. The highest BCUT2D eigenvalue weighted by atomic mass is 19.4. The first kappa shape index (κ1) is 13.7. The van der Waals surface area contributed by atoms with Gasteiger partial charge in [0.2, 0.25) is 5.91 Å². The van der Waals surface area contributed by atoms with Crippen molar-refractivity contribution in [3.63, 3.8) is 0 Å². The van der Waals surface area contributed by atoms with Crippen LogP contribution in [0.25, 0.3) is 0 Å². The van der Waals surface area contributed by atoms with Crippen LogP contribution >= 0.6 is 0 Å². The predicted octanol–water partition coefficient (Wildman–Crippen LogP) is 1.43. The van der Waals surface area contributed by atoms with E-state index in [2.05, 4.69) is 20.6 Å². The molecule has 1 aromatic heterocycles. The van der Waals surface area contributed by atoms with Gasteiger partial charge in [-0.2, -0.15) is 13.2 Å². The van der Waals surface area contributed by atoms with Crippen LogP contribution < -0.4 is 10.6 Å². The first-order valence-corrected chi connectivity index (χ1v) is 5.80. The SMILES string of the molecule is CC1CNC(C(=O)Nc2cncc(C(F)(F)F)n2)C1. The summed E-state index contributed by atoms with van der Waals surface area (Å²) in [5.74, 6) is -0.220. The second-order valence-corrected chi connectivity index (χ2v) is 4.58. The molecule has 0 aromatic carbocycles. The van der Waals surface area contributed by atoms with E-state index in [1.54, 1.807) is 0 Å². The van der Waals surface area contributed by atoms with Crippen molar-refractivity contribution in [1.82, 2.24) is 15.3 Å². The molecule has 2 unspecified atom stereocenters. The second kappa shape index (κ2) is 5.12. The van der Waals surface area contributed by atoms with Gasteiger partial charge in [-0.3, -0.25) is 9.78 Å². The maximum absolute atomic E-state index is 12.4. The molecule has 19 heavy (non-hydrogen) atoms. The highest BCUT2D eigenvalue weighted by Gasteiger charge is 2.33. The first-order chi connectivity index (χ1) is 8.86. The molecule has 2 rings (SSSR count). The zero-order valence-corrected chi connectivity index (χ0v) is 10.2. The van der Waals surface area contributed by atoms with Gasteiger partial charge in [0.05, 0.1) is 18.4 Å². The summed E-state index contributed by atoms with van der Waals surface area (Å²) in [6.45, 7) is 2.71. The Labute approximate surface area is 107 Å². The Morgan fingerprint density at radius 3 is 2.79 bits per heavy atom. The third-order valence-electron chi connectivity index (χ3n) is 2.84. The number of nitrogens with zero attached hydrogens (tertiary/aromatic N) is 2. The van der Waals surface area contributed by atoms with E-state index in [9.17, 15) is 18.0 Å². The Morgan fingerprint density at radius 1 is 1.47 bits per heavy atom. The molecule has 0 aliphatic carbocycles. The number of hydrogen-bond donors (Lipinski definition) is 2. The van der Waals surface area contributed by atoms with Crippen molar-refractivity contribution in [3.8, 4) is 0 Å². The number of alkyl halides is 3. The summed E-state index contributed by atoms with van der Waals surface area (Å²) < 4.78 is 37.3. The number of nitrogens with one attached hydrogen (secondary N) is 2. The van der Waals surface area contributed by atoms with Gasteiger partial charge < -0.3 is 10.6 Å². The molecule has 1 saturated heterocycles. The summed E-state index contributed by atoms with van der Waals surface area (Å²) in [7, 11) is 0. The van der Waals surface area contributed by atoms with Crippen molar-refractivity contribution >= 4 is 11.7 Å². The van der Waals surface area contributed by atoms with E-state index in [0.29, 0.717) is 25.1 Å². The zero-order valence-electron chi connectivity index (χ0n) is 10.2. The number of amides is 1. The number of carbonyl (C=O) groups is 1. The standard InChI is InChI=1S/C11H13F3N4O/c1-6-2-7(16-3-6)10(19)18-9-5-15-4-8(17-9)11(12,13)14/h4-7,16H,2-3H2,1H3,(H,17,18,19). The summed E-state index contributed by atoms with van der Waals surface area (Å²) in [6.07, 6.45) is -2.22. The third kappa shape index (κ3) is 3.40. The van der Waals surface area contributed by atoms with E-state index in [0.717, 1.165) is 6.20 Å². The van der Waals surface area contributed by atoms with Crippen molar-refractivity contribution in [2.75, 3.05) is 11.9 Å². The van der Waals surface area contributed by atoms with Gasteiger partial charge in [-0.1, -0.05) is 6.92 Å². The van der Waals surface area contributed by atoms with Gasteiger partial charge in [0.25, 0.3) is 0 Å². The Morgan fingerprint density at radius 2 is 2.21 bits per heavy atom. The van der Waals surface area contributed by atoms with Gasteiger partial charge in [0, 0.05) is 0 Å². The summed E-state index contributed by atoms with van der Waals surface area (Å²) in [5, 5.41) is 5.33. The number of hydrogen-bond acceptors (Lipinski definition) is 4. The largest absolute Gasteiger partial charge is 0.434 e. The Balaban J connectivity index is 2.05. The lowest BCUT2D eigenvalue weighted by Gasteiger charge is -2.11. The van der Waals surface area contributed by atoms with Crippen molar-refractivity contribution in [1.29, 1.82) is 0 Å². The van der Waals surface area contributed by atoms with Crippen molar-refractivity contribution < 1.29 is 18.0 Å². The molecule has 1 amide bonds. The van der Waals surface area contributed by atoms with Crippen LogP contribution in [0.1, 0.15) is 19.0 Å². The minimum absolute atomic E-state index is 0.193. The molecule has 0 radical (unpaired) electrons. The van der Waals surface area contributed by atoms with Crippen LogP contribution in [0, 0.1) is 5.92 Å². The average molecular weight is 274 g/mol. The van der Waals surface area contributed by atoms with Crippen LogP contribution in [-0.4, -0.2) is 28.5 Å². The van der Waals surface area contributed by atoms with Crippen LogP contribution in [-0.2, 0) is 11.0 Å². The molecule has 0 spiro atoms. The van der Waals surface area contributed by atoms with Crippen molar-refractivity contribution in [2.24, 2.45) is 5.92 Å². The minimum atomic E-state index is -4.58. The molecule has 0 bridgehead atoms. The van der Waals surface area contributed by atoms with Crippen LogP contribution in [0.2, 0.25) is 0 Å². The highest BCUT2D eigenvalue weighted by molar-refractivity contribution is 5.94. The number of carbonyl (C=O) groups excluding carboxylic acids is 1. The fraction of sp³-hybridized carbons (Fsp3) is 0.545. The molecular formula is C11H13F3N4O. The second-order valence-electron chi connectivity index (χ2n) is 4.58. The molecule has 8 heteroatoms. The Bertz CT molecular complexity index is 477. The van der Waals surface area contributed by atoms with Gasteiger partial charge in [0.1, 0.15) is 0 Å². The van der Waals surface area contributed by atoms with Gasteiger partial charge in [0.15, 0.2) is 11.5 Å². The molecule has 1 aliphatic heterocycles. The molecule has 2 atom stereocenters. The topological polar surface area (TPSA) is 66.9 Å². The molecule has 2 N–H and O–H groups in total. The van der Waals surface area contributed by atoms with Crippen molar-refractivity contribution in [2.45, 2.75) is 25.6 Å². The smallest absolute Gasteiger partial charge is 0.308 e. The zero-order chi connectivity index (χ0) is 14.0. The number of anilines is 1. The van der Waals surface area contributed by atoms with E-state index in [4.69, 9.17) is 0 Å². The van der Waals surface area contributed by atoms with Gasteiger partial charge in [-0.05, 0) is 18.9 Å². The van der Waals surface area contributed by atoms with E-state index in [1.165, 1.54) is 0 Å². The lowest BCUT2D eigenvalue weighted by Crippen LogP contribution is -2.35. The molecule has 1 aromatic rings. The van der Waals surface area contributed by atoms with Gasteiger partial charge in [-0.25, -0.2) is 4.98 Å². The Kier molecular flexibility index (Phi) is 3.70. The van der Waals surface area contributed by atoms with E-state index >= 15 is 0 Å². The molecule has 2 heterocycles. The molecule has 104 valence electrons. The fourth-order valence-electron chi connectivity index (χ4n) is 1.89. The van der Waals surface area contributed by atoms with E-state index < -0.39 is 23.8 Å². The quantitative estimate of drug-likeness (QED) is 0.856. The normalized spacial score (nSPS) is 23.4. The maximum Gasteiger partial charge on any atom is 0.434 e. The van der Waals surface area contributed by atoms with Gasteiger partial charge >= 0.3 is 6.18 Å². The first-order valence-electron chi connectivity index (χ1n) is 5.80. The molecule has 5 nitrogen and oxygen atoms in total. The minimum Gasteiger partial charge on any atom is -0.308 e. The highest BCUT2D eigenvalue weighted by Crippen LogP contribution is 2.27. The molecule has 1 fully saturated rings. The fourth-order valence-corrected chi connectivity index (χ4v) is 1.89. The number of aromatic nitrogens is 2. The summed E-state index contributed by atoms with van der Waals surface area (Å²) in [5.41, 5.74) is -1.13. The summed E-state index contributed by atoms with van der Waals surface area (Å²) >= 11 is 0. The van der Waals surface area contributed by atoms with Crippen LogP contribution in [0.15, 0.2) is 12.4 Å². The molecule has 0 saturated carbocycles.